The number of carbonyl (C=O) groups is 2. The summed E-state index contributed by atoms with van der Waals surface area (Å²) in [7, 11) is 0. The van der Waals surface area contributed by atoms with Gasteiger partial charge in [0.1, 0.15) is 6.04 Å². The molecular formula is C16H29N3O2. The molecule has 2 aliphatic heterocycles. The summed E-state index contributed by atoms with van der Waals surface area (Å²) in [6.45, 7) is 12.0. The molecule has 0 saturated carbocycles. The molecule has 0 aromatic rings. The lowest BCUT2D eigenvalue weighted by Crippen LogP contribution is -2.48. The van der Waals surface area contributed by atoms with E-state index in [1.54, 1.807) is 0 Å². The van der Waals surface area contributed by atoms with Crippen molar-refractivity contribution in [2.45, 2.75) is 52.6 Å². The standard InChI is InChI=1S/C16H29N3O2/c1-11(2)15-16(21)19(8-6-14(20)17-15)10-13-5-7-18(9-13)12(3)4/h11-13,15H,5-10H2,1-4H3,(H,17,20). The Bertz CT molecular complexity index is 395. The fourth-order valence-corrected chi connectivity index (χ4v) is 3.28. The average Bonchev–Trinajstić information content (AvgIpc) is 2.83. The van der Waals surface area contributed by atoms with Crippen LogP contribution in [-0.4, -0.2) is 59.9 Å². The van der Waals surface area contributed by atoms with Gasteiger partial charge in [0.25, 0.3) is 0 Å². The molecule has 2 unspecified atom stereocenters. The summed E-state index contributed by atoms with van der Waals surface area (Å²) in [6, 6.07) is 0.212. The first-order valence-electron chi connectivity index (χ1n) is 8.20. The van der Waals surface area contributed by atoms with E-state index in [4.69, 9.17) is 0 Å². The lowest BCUT2D eigenvalue weighted by Gasteiger charge is -2.28. The van der Waals surface area contributed by atoms with E-state index in [1.165, 1.54) is 0 Å². The number of amides is 2. The van der Waals surface area contributed by atoms with Crippen LogP contribution in [0.5, 0.6) is 0 Å². The molecule has 120 valence electrons. The van der Waals surface area contributed by atoms with Crippen molar-refractivity contribution in [2.75, 3.05) is 26.2 Å². The molecule has 2 heterocycles. The number of hydrogen-bond donors (Lipinski definition) is 1. The SMILES string of the molecule is CC(C)C1NC(=O)CCN(CC2CCN(C(C)C)C2)C1=O. The van der Waals surface area contributed by atoms with E-state index in [0.29, 0.717) is 24.9 Å². The molecule has 2 amide bonds. The number of nitrogens with zero attached hydrogens (tertiary/aromatic N) is 2. The summed E-state index contributed by atoms with van der Waals surface area (Å²) < 4.78 is 0. The van der Waals surface area contributed by atoms with Gasteiger partial charge in [0.15, 0.2) is 0 Å². The summed E-state index contributed by atoms with van der Waals surface area (Å²) >= 11 is 0. The van der Waals surface area contributed by atoms with Crippen LogP contribution in [0.15, 0.2) is 0 Å². The van der Waals surface area contributed by atoms with Gasteiger partial charge in [-0.1, -0.05) is 13.8 Å². The highest BCUT2D eigenvalue weighted by atomic mass is 16.2. The fraction of sp³-hybridized carbons (Fsp3) is 0.875. The maximum Gasteiger partial charge on any atom is 0.245 e. The number of hydrogen-bond acceptors (Lipinski definition) is 3. The van der Waals surface area contributed by atoms with Gasteiger partial charge in [0, 0.05) is 32.1 Å². The molecule has 21 heavy (non-hydrogen) atoms. The minimum atomic E-state index is -0.359. The summed E-state index contributed by atoms with van der Waals surface area (Å²) in [5, 5.41) is 2.87. The van der Waals surface area contributed by atoms with Crippen molar-refractivity contribution in [1.82, 2.24) is 15.1 Å². The molecule has 2 saturated heterocycles. The van der Waals surface area contributed by atoms with Crippen LogP contribution < -0.4 is 5.32 Å². The van der Waals surface area contributed by atoms with Gasteiger partial charge >= 0.3 is 0 Å². The Morgan fingerprint density at radius 1 is 1.19 bits per heavy atom. The summed E-state index contributed by atoms with van der Waals surface area (Å²) in [4.78, 5) is 28.8. The Balaban J connectivity index is 1.98. The molecule has 0 aromatic heterocycles. The molecule has 2 atom stereocenters. The van der Waals surface area contributed by atoms with Crippen molar-refractivity contribution in [3.05, 3.63) is 0 Å². The van der Waals surface area contributed by atoms with Crippen molar-refractivity contribution in [1.29, 1.82) is 0 Å². The Labute approximate surface area is 128 Å². The summed E-state index contributed by atoms with van der Waals surface area (Å²) in [5.41, 5.74) is 0. The van der Waals surface area contributed by atoms with Gasteiger partial charge in [-0.25, -0.2) is 0 Å². The number of carbonyl (C=O) groups excluding carboxylic acids is 2. The van der Waals surface area contributed by atoms with Gasteiger partial charge in [-0.15, -0.1) is 0 Å². The smallest absolute Gasteiger partial charge is 0.245 e. The van der Waals surface area contributed by atoms with Crippen LogP contribution >= 0.6 is 0 Å². The predicted molar refractivity (Wildman–Crippen MR) is 82.8 cm³/mol. The van der Waals surface area contributed by atoms with Gasteiger partial charge in [-0.2, -0.15) is 0 Å². The predicted octanol–water partition coefficient (Wildman–Crippen LogP) is 1.09. The van der Waals surface area contributed by atoms with Crippen molar-refractivity contribution in [3.63, 3.8) is 0 Å². The monoisotopic (exact) mass is 295 g/mol. The van der Waals surface area contributed by atoms with Crippen LogP contribution in [0.4, 0.5) is 0 Å². The van der Waals surface area contributed by atoms with Gasteiger partial charge in [0.05, 0.1) is 0 Å². The minimum absolute atomic E-state index is 0.000205. The zero-order valence-electron chi connectivity index (χ0n) is 13.8. The number of likely N-dealkylation sites (tertiary alicyclic amines) is 1. The number of rotatable bonds is 4. The van der Waals surface area contributed by atoms with E-state index in [0.717, 1.165) is 26.1 Å². The first-order chi connectivity index (χ1) is 9.88. The van der Waals surface area contributed by atoms with Crippen LogP contribution in [0.3, 0.4) is 0 Å². The van der Waals surface area contributed by atoms with E-state index in [-0.39, 0.29) is 23.8 Å². The second-order valence-electron chi connectivity index (χ2n) is 7.07. The molecule has 2 rings (SSSR count). The molecule has 5 nitrogen and oxygen atoms in total. The largest absolute Gasteiger partial charge is 0.344 e. The highest BCUT2D eigenvalue weighted by Gasteiger charge is 2.34. The molecular weight excluding hydrogens is 266 g/mol. The third-order valence-electron chi connectivity index (χ3n) is 4.70. The molecule has 2 fully saturated rings. The van der Waals surface area contributed by atoms with E-state index in [1.807, 2.05) is 18.7 Å². The normalized spacial score (nSPS) is 28.4. The molecule has 0 aliphatic carbocycles. The second kappa shape index (κ2) is 6.77. The lowest BCUT2D eigenvalue weighted by molar-refractivity contribution is -0.135. The van der Waals surface area contributed by atoms with E-state index in [2.05, 4.69) is 24.1 Å². The molecule has 0 bridgehead atoms. The Morgan fingerprint density at radius 2 is 1.90 bits per heavy atom. The zero-order chi connectivity index (χ0) is 15.6. The van der Waals surface area contributed by atoms with Gasteiger partial charge in [-0.05, 0) is 38.6 Å². The molecule has 1 N–H and O–H groups in total. The summed E-state index contributed by atoms with van der Waals surface area (Å²) in [5.74, 6) is 0.772. The van der Waals surface area contributed by atoms with Crippen LogP contribution in [0, 0.1) is 11.8 Å². The van der Waals surface area contributed by atoms with Crippen LogP contribution in [-0.2, 0) is 9.59 Å². The maximum atomic E-state index is 12.6. The third kappa shape index (κ3) is 3.96. The van der Waals surface area contributed by atoms with Crippen molar-refractivity contribution in [3.8, 4) is 0 Å². The first kappa shape index (κ1) is 16.3. The molecule has 2 aliphatic rings. The highest BCUT2D eigenvalue weighted by molar-refractivity contribution is 5.90. The van der Waals surface area contributed by atoms with Crippen LogP contribution in [0.2, 0.25) is 0 Å². The fourth-order valence-electron chi connectivity index (χ4n) is 3.28. The molecule has 0 spiro atoms. The topological polar surface area (TPSA) is 52.7 Å². The Kier molecular flexibility index (Phi) is 5.25. The maximum absolute atomic E-state index is 12.6. The number of nitrogens with one attached hydrogen (secondary N) is 1. The third-order valence-corrected chi connectivity index (χ3v) is 4.70. The van der Waals surface area contributed by atoms with Crippen molar-refractivity contribution in [2.24, 2.45) is 11.8 Å². The quantitative estimate of drug-likeness (QED) is 0.845. The van der Waals surface area contributed by atoms with Crippen molar-refractivity contribution < 1.29 is 9.59 Å². The van der Waals surface area contributed by atoms with Gasteiger partial charge in [-0.3, -0.25) is 9.59 Å². The molecule has 0 radical (unpaired) electrons. The van der Waals surface area contributed by atoms with Crippen molar-refractivity contribution >= 4 is 11.8 Å². The zero-order valence-corrected chi connectivity index (χ0v) is 13.8. The van der Waals surface area contributed by atoms with E-state index < -0.39 is 0 Å². The Morgan fingerprint density at radius 3 is 2.48 bits per heavy atom. The Hall–Kier alpha value is -1.10. The van der Waals surface area contributed by atoms with Crippen LogP contribution in [0.25, 0.3) is 0 Å². The molecule has 0 aromatic carbocycles. The van der Waals surface area contributed by atoms with E-state index in [9.17, 15) is 9.59 Å². The second-order valence-corrected chi connectivity index (χ2v) is 7.07. The summed E-state index contributed by atoms with van der Waals surface area (Å²) in [6.07, 6.45) is 1.57. The minimum Gasteiger partial charge on any atom is -0.344 e. The highest BCUT2D eigenvalue weighted by Crippen LogP contribution is 2.21. The first-order valence-corrected chi connectivity index (χ1v) is 8.20. The van der Waals surface area contributed by atoms with Crippen LogP contribution in [0.1, 0.15) is 40.5 Å². The van der Waals surface area contributed by atoms with E-state index >= 15 is 0 Å². The average molecular weight is 295 g/mol. The van der Waals surface area contributed by atoms with Gasteiger partial charge in [0.2, 0.25) is 11.8 Å². The van der Waals surface area contributed by atoms with Gasteiger partial charge < -0.3 is 15.1 Å². The lowest BCUT2D eigenvalue weighted by atomic mass is 10.0. The molecule has 5 heteroatoms.